The van der Waals surface area contributed by atoms with Crippen molar-refractivity contribution in [2.24, 2.45) is 0 Å². The van der Waals surface area contributed by atoms with Crippen molar-refractivity contribution in [2.45, 2.75) is 13.5 Å². The molecule has 0 saturated heterocycles. The zero-order chi connectivity index (χ0) is 21.7. The highest BCUT2D eigenvalue weighted by Gasteiger charge is 2.16. The van der Waals surface area contributed by atoms with E-state index in [9.17, 15) is 9.59 Å². The van der Waals surface area contributed by atoms with E-state index in [-0.39, 0.29) is 18.2 Å². The number of hydrogen-bond donors (Lipinski definition) is 1. The van der Waals surface area contributed by atoms with Crippen LogP contribution in [-0.2, 0) is 16.1 Å². The summed E-state index contributed by atoms with van der Waals surface area (Å²) in [5, 5.41) is 6.82. The molecule has 2 aromatic carbocycles. The van der Waals surface area contributed by atoms with Crippen LogP contribution in [0.3, 0.4) is 0 Å². The van der Waals surface area contributed by atoms with Crippen molar-refractivity contribution in [2.75, 3.05) is 32.6 Å². The van der Waals surface area contributed by atoms with Gasteiger partial charge in [-0.15, -0.1) is 0 Å². The molecule has 1 heterocycles. The number of likely N-dealkylation sites (N-methyl/N-ethyl adjacent to an activating group) is 1. The highest BCUT2D eigenvalue weighted by atomic mass is 16.5. The van der Waals surface area contributed by atoms with Crippen LogP contribution in [0, 0.1) is 6.92 Å². The second-order valence-electron chi connectivity index (χ2n) is 7.42. The first kappa shape index (κ1) is 21.1. The first-order valence-electron chi connectivity index (χ1n) is 9.63. The van der Waals surface area contributed by atoms with Gasteiger partial charge in [0, 0.05) is 38.9 Å². The molecule has 0 radical (unpaired) electrons. The molecular formula is C23H26N4O3. The van der Waals surface area contributed by atoms with Crippen molar-refractivity contribution < 1.29 is 14.3 Å². The van der Waals surface area contributed by atoms with Crippen LogP contribution in [0.2, 0.25) is 0 Å². The molecule has 7 heteroatoms. The summed E-state index contributed by atoms with van der Waals surface area (Å²) in [7, 11) is 5.63. The van der Waals surface area contributed by atoms with Gasteiger partial charge in [-0.25, -0.2) is 4.79 Å². The molecule has 7 nitrogen and oxygen atoms in total. The van der Waals surface area contributed by atoms with Crippen molar-refractivity contribution in [3.05, 3.63) is 71.4 Å². The molecular weight excluding hydrogens is 380 g/mol. The van der Waals surface area contributed by atoms with E-state index >= 15 is 0 Å². The molecule has 0 fully saturated rings. The molecule has 0 aliphatic carbocycles. The van der Waals surface area contributed by atoms with Gasteiger partial charge < -0.3 is 14.5 Å². The van der Waals surface area contributed by atoms with E-state index in [1.54, 1.807) is 13.1 Å². The van der Waals surface area contributed by atoms with E-state index in [0.717, 1.165) is 22.4 Å². The van der Waals surface area contributed by atoms with Crippen molar-refractivity contribution in [3.63, 3.8) is 0 Å². The number of carbonyl (C=O) groups is 2. The van der Waals surface area contributed by atoms with Crippen LogP contribution < -0.4 is 4.90 Å². The van der Waals surface area contributed by atoms with E-state index in [2.05, 4.69) is 10.2 Å². The van der Waals surface area contributed by atoms with Crippen molar-refractivity contribution >= 4 is 17.6 Å². The fourth-order valence-electron chi connectivity index (χ4n) is 2.88. The number of H-pyrrole nitrogens is 1. The predicted octanol–water partition coefficient (Wildman–Crippen LogP) is 3.27. The van der Waals surface area contributed by atoms with Gasteiger partial charge in [-0.05, 0) is 30.7 Å². The average molecular weight is 406 g/mol. The zero-order valence-corrected chi connectivity index (χ0v) is 17.7. The van der Waals surface area contributed by atoms with Gasteiger partial charge in [-0.2, -0.15) is 5.10 Å². The van der Waals surface area contributed by atoms with E-state index in [4.69, 9.17) is 4.74 Å². The van der Waals surface area contributed by atoms with Gasteiger partial charge in [0.1, 0.15) is 5.69 Å². The number of rotatable bonds is 7. The summed E-state index contributed by atoms with van der Waals surface area (Å²) in [6.45, 7) is 2.11. The summed E-state index contributed by atoms with van der Waals surface area (Å²) >= 11 is 0. The Morgan fingerprint density at radius 2 is 1.67 bits per heavy atom. The van der Waals surface area contributed by atoms with E-state index < -0.39 is 5.97 Å². The van der Waals surface area contributed by atoms with Crippen molar-refractivity contribution in [1.29, 1.82) is 0 Å². The van der Waals surface area contributed by atoms with Crippen LogP contribution in [0.1, 0.15) is 21.6 Å². The van der Waals surface area contributed by atoms with Crippen LogP contribution in [0.5, 0.6) is 0 Å². The Kier molecular flexibility index (Phi) is 6.51. The predicted molar refractivity (Wildman–Crippen MR) is 116 cm³/mol. The molecule has 3 rings (SSSR count). The molecule has 0 atom stereocenters. The van der Waals surface area contributed by atoms with Gasteiger partial charge in [-0.1, -0.05) is 42.0 Å². The standard InChI is InChI=1S/C23H26N4O3/c1-16-5-9-18(10-6-16)20-13-21(25-24-20)23(29)30-15-22(28)27(4)14-17-7-11-19(12-8-17)26(2)3/h5-13H,14-15H2,1-4H3,(H,24,25). The molecule has 1 N–H and O–H groups in total. The number of anilines is 1. The van der Waals surface area contributed by atoms with Gasteiger partial charge in [0.15, 0.2) is 6.61 Å². The zero-order valence-electron chi connectivity index (χ0n) is 17.7. The molecule has 0 spiro atoms. The summed E-state index contributed by atoms with van der Waals surface area (Å²) in [5.41, 5.74) is 4.98. The lowest BCUT2D eigenvalue weighted by atomic mass is 10.1. The number of aromatic nitrogens is 2. The molecule has 0 unspecified atom stereocenters. The molecule has 0 aliphatic heterocycles. The SMILES string of the molecule is Cc1ccc(-c2cc(C(=O)OCC(=O)N(C)Cc3ccc(N(C)C)cc3)[nH]n2)cc1. The van der Waals surface area contributed by atoms with Gasteiger partial charge in [0.2, 0.25) is 0 Å². The summed E-state index contributed by atoms with van der Waals surface area (Å²) in [4.78, 5) is 28.1. The number of aryl methyl sites for hydroxylation is 1. The number of aromatic amines is 1. The maximum Gasteiger partial charge on any atom is 0.356 e. The summed E-state index contributed by atoms with van der Waals surface area (Å²) in [6.07, 6.45) is 0. The number of nitrogens with zero attached hydrogens (tertiary/aromatic N) is 3. The largest absolute Gasteiger partial charge is 0.451 e. The fraction of sp³-hybridized carbons (Fsp3) is 0.261. The Hall–Kier alpha value is -3.61. The Labute approximate surface area is 176 Å². The quantitative estimate of drug-likeness (QED) is 0.610. The smallest absolute Gasteiger partial charge is 0.356 e. The number of ether oxygens (including phenoxy) is 1. The lowest BCUT2D eigenvalue weighted by molar-refractivity contribution is -0.133. The second kappa shape index (κ2) is 9.26. The molecule has 0 bridgehead atoms. The van der Waals surface area contributed by atoms with Gasteiger partial charge in [0.05, 0.1) is 5.69 Å². The molecule has 0 aliphatic rings. The minimum Gasteiger partial charge on any atom is -0.451 e. The van der Waals surface area contributed by atoms with Gasteiger partial charge in [0.25, 0.3) is 5.91 Å². The fourth-order valence-corrected chi connectivity index (χ4v) is 2.88. The maximum atomic E-state index is 12.3. The van der Waals surface area contributed by atoms with E-state index in [0.29, 0.717) is 12.2 Å². The Bertz CT molecular complexity index is 1010. The number of nitrogens with one attached hydrogen (secondary N) is 1. The number of esters is 1. The highest BCUT2D eigenvalue weighted by Crippen LogP contribution is 2.18. The first-order chi connectivity index (χ1) is 14.3. The Balaban J connectivity index is 1.52. The molecule has 1 amide bonds. The van der Waals surface area contributed by atoms with Crippen LogP contribution in [-0.4, -0.2) is 54.7 Å². The Morgan fingerprint density at radius 3 is 2.30 bits per heavy atom. The lowest BCUT2D eigenvalue weighted by Crippen LogP contribution is -2.30. The van der Waals surface area contributed by atoms with Crippen LogP contribution in [0.25, 0.3) is 11.3 Å². The minimum absolute atomic E-state index is 0.209. The molecule has 0 saturated carbocycles. The number of hydrogen-bond acceptors (Lipinski definition) is 5. The van der Waals surface area contributed by atoms with Gasteiger partial charge in [-0.3, -0.25) is 9.89 Å². The van der Waals surface area contributed by atoms with Crippen LogP contribution in [0.15, 0.2) is 54.6 Å². The molecule has 1 aromatic heterocycles. The Morgan fingerprint density at radius 1 is 1.00 bits per heavy atom. The van der Waals surface area contributed by atoms with E-state index in [1.165, 1.54) is 4.90 Å². The monoisotopic (exact) mass is 406 g/mol. The summed E-state index contributed by atoms with van der Waals surface area (Å²) in [5.74, 6) is -0.892. The molecule has 156 valence electrons. The lowest BCUT2D eigenvalue weighted by Gasteiger charge is -2.18. The maximum absolute atomic E-state index is 12.3. The topological polar surface area (TPSA) is 78.5 Å². The normalized spacial score (nSPS) is 10.5. The number of benzene rings is 2. The summed E-state index contributed by atoms with van der Waals surface area (Å²) in [6, 6.07) is 17.4. The third-order valence-corrected chi connectivity index (χ3v) is 4.77. The van der Waals surface area contributed by atoms with Crippen molar-refractivity contribution in [3.8, 4) is 11.3 Å². The second-order valence-corrected chi connectivity index (χ2v) is 7.42. The molecule has 3 aromatic rings. The number of carbonyl (C=O) groups excluding carboxylic acids is 2. The third kappa shape index (κ3) is 5.26. The third-order valence-electron chi connectivity index (χ3n) is 4.77. The van der Waals surface area contributed by atoms with E-state index in [1.807, 2.05) is 74.4 Å². The minimum atomic E-state index is -0.613. The van der Waals surface area contributed by atoms with Gasteiger partial charge >= 0.3 is 5.97 Å². The van der Waals surface area contributed by atoms with Crippen LogP contribution in [0.4, 0.5) is 5.69 Å². The highest BCUT2D eigenvalue weighted by molar-refractivity contribution is 5.90. The molecule has 30 heavy (non-hydrogen) atoms. The van der Waals surface area contributed by atoms with Crippen molar-refractivity contribution in [1.82, 2.24) is 15.1 Å². The first-order valence-corrected chi connectivity index (χ1v) is 9.63. The summed E-state index contributed by atoms with van der Waals surface area (Å²) < 4.78 is 5.16. The average Bonchev–Trinajstić information content (AvgIpc) is 3.23. The number of amides is 1. The van der Waals surface area contributed by atoms with Crippen LogP contribution >= 0.6 is 0 Å².